The molecule has 2 aliphatic rings. The second kappa shape index (κ2) is 4.60. The fraction of sp³-hybridized carbons (Fsp3) is 0.286. The van der Waals surface area contributed by atoms with Gasteiger partial charge in [0.25, 0.3) is 0 Å². The molecule has 0 spiro atoms. The standard InChI is InChI=1S/C14H20Si2/c1-15(2,13-9-5-6-10-13)16(3,4)14-11-7-8-12-14/h5-12H,1-4H3. The second-order valence-corrected chi connectivity index (χ2v) is 20.8. The molecule has 2 heteroatoms. The Labute approximate surface area is 104 Å². The molecule has 0 aromatic heterocycles. The fourth-order valence-corrected chi connectivity index (χ4v) is 11.1. The molecule has 84 valence electrons. The van der Waals surface area contributed by atoms with Crippen LogP contribution in [0, 0.1) is 62.4 Å². The van der Waals surface area contributed by atoms with Crippen LogP contribution in [0.2, 0.25) is 26.2 Å². The van der Waals surface area contributed by atoms with Gasteiger partial charge in [0.2, 0.25) is 0 Å². The smallest absolute Gasteiger partial charge is 0.0492 e. The van der Waals surface area contributed by atoms with Gasteiger partial charge in [-0.25, -0.2) is 0 Å². The molecule has 0 N–H and O–H groups in total. The third-order valence-electron chi connectivity index (χ3n) is 4.33. The largest absolute Gasteiger partial charge is 0.0708 e. The zero-order valence-corrected chi connectivity index (χ0v) is 12.6. The fourth-order valence-electron chi connectivity index (χ4n) is 2.30. The summed E-state index contributed by atoms with van der Waals surface area (Å²) in [6, 6.07) is 0. The number of rotatable bonds is 3. The topological polar surface area (TPSA) is 0 Å². The number of hydrogen-bond acceptors (Lipinski definition) is 0. The van der Waals surface area contributed by atoms with Crippen molar-refractivity contribution in [1.29, 1.82) is 0 Å². The lowest BCUT2D eigenvalue weighted by atomic mass is 10.4. The monoisotopic (exact) mass is 244 g/mol. The molecular weight excluding hydrogens is 224 g/mol. The molecule has 2 aliphatic carbocycles. The van der Waals surface area contributed by atoms with E-state index >= 15 is 0 Å². The van der Waals surface area contributed by atoms with Gasteiger partial charge in [-0.3, -0.25) is 0 Å². The van der Waals surface area contributed by atoms with Gasteiger partial charge in [-0.15, -0.1) is 0 Å². The van der Waals surface area contributed by atoms with Crippen molar-refractivity contribution in [3.8, 4) is 0 Å². The van der Waals surface area contributed by atoms with Crippen molar-refractivity contribution in [3.63, 3.8) is 0 Å². The first-order chi connectivity index (χ1) is 7.46. The van der Waals surface area contributed by atoms with Crippen molar-refractivity contribution in [2.24, 2.45) is 0 Å². The van der Waals surface area contributed by atoms with Crippen molar-refractivity contribution in [2.75, 3.05) is 0 Å². The number of hydrogen-bond donors (Lipinski definition) is 0. The Morgan fingerprint density at radius 2 is 0.812 bits per heavy atom. The van der Waals surface area contributed by atoms with Gasteiger partial charge in [-0.2, -0.15) is 0 Å². The van der Waals surface area contributed by atoms with E-state index in [0.717, 1.165) is 0 Å². The Balaban J connectivity index is 2.12. The molecular formula is C14H20Si2. The first-order valence-electron chi connectivity index (χ1n) is 5.90. The van der Waals surface area contributed by atoms with Gasteiger partial charge in [0.05, 0.1) is 0 Å². The van der Waals surface area contributed by atoms with E-state index in [4.69, 9.17) is 0 Å². The molecule has 16 heavy (non-hydrogen) atoms. The van der Waals surface area contributed by atoms with E-state index in [1.807, 2.05) is 0 Å². The van der Waals surface area contributed by atoms with E-state index in [0.29, 0.717) is 0 Å². The molecule has 2 saturated carbocycles. The first kappa shape index (κ1) is 12.9. The summed E-state index contributed by atoms with van der Waals surface area (Å²) in [5.74, 6) is 0. The summed E-state index contributed by atoms with van der Waals surface area (Å²) >= 11 is 0. The third-order valence-corrected chi connectivity index (χ3v) is 22.1. The van der Waals surface area contributed by atoms with Crippen molar-refractivity contribution in [2.45, 2.75) is 26.2 Å². The van der Waals surface area contributed by atoms with Crippen LogP contribution in [0.15, 0.2) is 0 Å². The van der Waals surface area contributed by atoms with Gasteiger partial charge < -0.3 is 0 Å². The molecule has 10 radical (unpaired) electrons. The maximum absolute atomic E-state index is 2.53. The molecule has 0 heterocycles. The van der Waals surface area contributed by atoms with Crippen molar-refractivity contribution < 1.29 is 0 Å². The minimum atomic E-state index is -1.32. The molecule has 2 fully saturated rings. The molecule has 0 unspecified atom stereocenters. The summed E-state index contributed by atoms with van der Waals surface area (Å²) in [5.41, 5.74) is 3.23. The zero-order chi connectivity index (χ0) is 11.8. The van der Waals surface area contributed by atoms with Crippen LogP contribution in [0.25, 0.3) is 0 Å². The van der Waals surface area contributed by atoms with Gasteiger partial charge >= 0.3 is 0 Å². The van der Waals surface area contributed by atoms with Crippen LogP contribution in [0.3, 0.4) is 0 Å². The Kier molecular flexibility index (Phi) is 3.70. The molecule has 0 amide bonds. The minimum absolute atomic E-state index is 1.32. The quantitative estimate of drug-likeness (QED) is 0.668. The van der Waals surface area contributed by atoms with Gasteiger partial charge in [0.15, 0.2) is 0 Å². The molecule has 0 aliphatic heterocycles. The summed E-state index contributed by atoms with van der Waals surface area (Å²) in [6.45, 7) is 10.1. The van der Waals surface area contributed by atoms with E-state index in [-0.39, 0.29) is 0 Å². The molecule has 0 aromatic rings. The van der Waals surface area contributed by atoms with Gasteiger partial charge in [-0.1, -0.05) is 26.2 Å². The van der Waals surface area contributed by atoms with E-state index in [9.17, 15) is 0 Å². The molecule has 0 bridgehead atoms. The molecule has 0 saturated heterocycles. The first-order valence-corrected chi connectivity index (χ1v) is 12.9. The van der Waals surface area contributed by atoms with Crippen LogP contribution in [-0.4, -0.2) is 15.2 Å². The maximum Gasteiger partial charge on any atom is 0.0492 e. The van der Waals surface area contributed by atoms with Crippen LogP contribution >= 0.6 is 0 Å². The summed E-state index contributed by atoms with van der Waals surface area (Å²) < 4.78 is 0. The van der Waals surface area contributed by atoms with Crippen LogP contribution in [0.1, 0.15) is 0 Å². The Morgan fingerprint density at radius 1 is 0.562 bits per heavy atom. The molecule has 0 nitrogen and oxygen atoms in total. The highest BCUT2D eigenvalue weighted by molar-refractivity contribution is 7.45. The van der Waals surface area contributed by atoms with E-state index < -0.39 is 15.2 Å². The van der Waals surface area contributed by atoms with Crippen LogP contribution in [-0.2, 0) is 0 Å². The Morgan fingerprint density at radius 3 is 1.06 bits per heavy atom. The second-order valence-electron chi connectivity index (χ2n) is 5.60. The van der Waals surface area contributed by atoms with Crippen LogP contribution in [0.5, 0.6) is 0 Å². The predicted octanol–water partition coefficient (Wildman–Crippen LogP) is 3.37. The van der Waals surface area contributed by atoms with Gasteiger partial charge in [-0.05, 0) is 62.4 Å². The Bertz CT molecular complexity index is 207. The molecule has 0 atom stereocenters. The highest BCUT2D eigenvalue weighted by atomic mass is 29.3. The lowest BCUT2D eigenvalue weighted by Crippen LogP contribution is -2.62. The van der Waals surface area contributed by atoms with Crippen LogP contribution in [0.4, 0.5) is 0 Å². The van der Waals surface area contributed by atoms with E-state index in [2.05, 4.69) is 77.6 Å². The molecule has 2 rings (SSSR count). The summed E-state index contributed by atoms with van der Waals surface area (Å²) in [7, 11) is -2.64. The average Bonchev–Trinajstić information content (AvgIpc) is 2.91. The van der Waals surface area contributed by atoms with E-state index in [1.165, 1.54) is 0 Å². The summed E-state index contributed by atoms with van der Waals surface area (Å²) in [5, 5.41) is 0. The average molecular weight is 244 g/mol. The van der Waals surface area contributed by atoms with Crippen molar-refractivity contribution in [1.82, 2.24) is 0 Å². The third kappa shape index (κ3) is 2.07. The maximum atomic E-state index is 2.53. The summed E-state index contributed by atoms with van der Waals surface area (Å²) in [6.07, 6.45) is 18.0. The van der Waals surface area contributed by atoms with Crippen LogP contribution < -0.4 is 0 Å². The molecule has 0 aromatic carbocycles. The summed E-state index contributed by atoms with van der Waals surface area (Å²) in [4.78, 5) is 0. The lowest BCUT2D eigenvalue weighted by molar-refractivity contribution is 1.38. The minimum Gasteiger partial charge on any atom is -0.0708 e. The van der Waals surface area contributed by atoms with Crippen molar-refractivity contribution in [3.05, 3.63) is 62.4 Å². The van der Waals surface area contributed by atoms with E-state index in [1.54, 1.807) is 11.1 Å². The van der Waals surface area contributed by atoms with Gasteiger partial charge in [0, 0.05) is 15.2 Å². The highest BCUT2D eigenvalue weighted by Crippen LogP contribution is 2.44. The predicted molar refractivity (Wildman–Crippen MR) is 75.9 cm³/mol. The Hall–Kier alpha value is 0.434. The highest BCUT2D eigenvalue weighted by Gasteiger charge is 2.51. The van der Waals surface area contributed by atoms with Crippen molar-refractivity contribution >= 4 is 15.2 Å². The van der Waals surface area contributed by atoms with Gasteiger partial charge in [0.1, 0.15) is 0 Å². The SMILES string of the molecule is C[Si](C)([C]1[CH][CH][CH][CH]1)[Si](C)(C)[C]1[CH][CH][CH][CH]1. The zero-order valence-electron chi connectivity index (χ0n) is 10.6. The normalized spacial score (nSPS) is 25.5. The lowest BCUT2D eigenvalue weighted by Gasteiger charge is -2.46.